The molecule has 0 atom stereocenters. The molecular weight excluding hydrogens is 366 g/mol. The molecule has 0 aliphatic heterocycles. The molecule has 0 aliphatic carbocycles. The number of carbonyl (C=O) groups excluding carboxylic acids is 1. The lowest BCUT2D eigenvalue weighted by molar-refractivity contribution is 0.102. The number of anilines is 1. The Labute approximate surface area is 161 Å². The zero-order valence-electron chi connectivity index (χ0n) is 14.8. The third-order valence-corrected chi connectivity index (χ3v) is 3.90. The first kappa shape index (κ1) is 18.7. The van der Waals surface area contributed by atoms with Gasteiger partial charge in [-0.25, -0.2) is 4.98 Å². The summed E-state index contributed by atoms with van der Waals surface area (Å²) in [6, 6.07) is 13.8. The molecule has 2 N–H and O–H groups in total. The van der Waals surface area contributed by atoms with Gasteiger partial charge in [0, 0.05) is 22.5 Å². The number of hydrogen-bond donors (Lipinski definition) is 2. The molecule has 0 radical (unpaired) electrons. The number of H-pyrrole nitrogens is 1. The first-order valence-corrected chi connectivity index (χ1v) is 8.73. The van der Waals surface area contributed by atoms with E-state index in [9.17, 15) is 9.59 Å². The minimum absolute atomic E-state index is 0.0641. The van der Waals surface area contributed by atoms with Gasteiger partial charge in [-0.1, -0.05) is 11.6 Å². The Hall–Kier alpha value is -3.12. The molecule has 1 amide bonds. The average Bonchev–Trinajstić information content (AvgIpc) is 2.63. The van der Waals surface area contributed by atoms with Crippen molar-refractivity contribution in [3.8, 4) is 17.1 Å². The van der Waals surface area contributed by atoms with Crippen molar-refractivity contribution in [2.75, 3.05) is 5.32 Å². The molecule has 1 heterocycles. The molecule has 2 aromatic carbocycles. The summed E-state index contributed by atoms with van der Waals surface area (Å²) in [5.41, 5.74) is 0.656. The van der Waals surface area contributed by atoms with Crippen LogP contribution >= 0.6 is 11.6 Å². The van der Waals surface area contributed by atoms with Crippen molar-refractivity contribution in [3.05, 3.63) is 75.7 Å². The van der Waals surface area contributed by atoms with Gasteiger partial charge >= 0.3 is 0 Å². The Kier molecular flexibility index (Phi) is 5.57. The molecule has 138 valence electrons. The van der Waals surface area contributed by atoms with E-state index in [1.165, 1.54) is 6.20 Å². The number of aromatic amines is 1. The monoisotopic (exact) mass is 383 g/mol. The van der Waals surface area contributed by atoms with Crippen molar-refractivity contribution in [2.24, 2.45) is 0 Å². The number of hydrogen-bond acceptors (Lipinski definition) is 4. The maximum absolute atomic E-state index is 12.4. The van der Waals surface area contributed by atoms with Crippen LogP contribution in [0.4, 0.5) is 5.69 Å². The lowest BCUT2D eigenvalue weighted by Gasteiger charge is -2.10. The summed E-state index contributed by atoms with van der Waals surface area (Å²) in [5, 5.41) is 3.26. The van der Waals surface area contributed by atoms with E-state index >= 15 is 0 Å². The maximum Gasteiger partial charge on any atom is 0.264 e. The van der Waals surface area contributed by atoms with Crippen LogP contribution in [-0.4, -0.2) is 22.0 Å². The van der Waals surface area contributed by atoms with Crippen LogP contribution in [0.3, 0.4) is 0 Å². The van der Waals surface area contributed by atoms with Crippen LogP contribution in [0, 0.1) is 0 Å². The standard InChI is InChI=1S/C20H18ClN3O3/c1-12(2)27-16-9-7-15(8-10-16)23-19(25)17-11-22-18(24-20(17)26)13-3-5-14(21)6-4-13/h3-12H,1-2H3,(H,23,25)(H,22,24,26). The number of nitrogens with zero attached hydrogens (tertiary/aromatic N) is 1. The van der Waals surface area contributed by atoms with Crippen molar-refractivity contribution in [3.63, 3.8) is 0 Å². The Balaban J connectivity index is 1.75. The van der Waals surface area contributed by atoms with Crippen LogP contribution in [0.5, 0.6) is 5.75 Å². The molecule has 7 heteroatoms. The molecular formula is C20H18ClN3O3. The number of carbonyl (C=O) groups is 1. The summed E-state index contributed by atoms with van der Waals surface area (Å²) < 4.78 is 5.55. The third-order valence-electron chi connectivity index (χ3n) is 3.65. The van der Waals surface area contributed by atoms with E-state index in [2.05, 4.69) is 15.3 Å². The summed E-state index contributed by atoms with van der Waals surface area (Å²) in [6.45, 7) is 3.87. The Morgan fingerprint density at radius 3 is 2.37 bits per heavy atom. The van der Waals surface area contributed by atoms with Crippen LogP contribution in [0.1, 0.15) is 24.2 Å². The molecule has 0 unspecified atom stereocenters. The third kappa shape index (κ3) is 4.74. The fourth-order valence-electron chi connectivity index (χ4n) is 2.40. The summed E-state index contributed by atoms with van der Waals surface area (Å²) in [6.07, 6.45) is 1.32. The molecule has 1 aromatic heterocycles. The predicted molar refractivity (Wildman–Crippen MR) is 105 cm³/mol. The van der Waals surface area contributed by atoms with Crippen molar-refractivity contribution in [2.45, 2.75) is 20.0 Å². The lowest BCUT2D eigenvalue weighted by atomic mass is 10.2. The topological polar surface area (TPSA) is 84.1 Å². The van der Waals surface area contributed by atoms with Gasteiger partial charge in [0.15, 0.2) is 0 Å². The Morgan fingerprint density at radius 2 is 1.78 bits per heavy atom. The fraction of sp³-hybridized carbons (Fsp3) is 0.150. The number of ether oxygens (including phenoxy) is 1. The zero-order valence-corrected chi connectivity index (χ0v) is 15.6. The van der Waals surface area contributed by atoms with Crippen LogP contribution < -0.4 is 15.6 Å². The Bertz CT molecular complexity index is 996. The zero-order chi connectivity index (χ0) is 19.4. The summed E-state index contributed by atoms with van der Waals surface area (Å²) in [4.78, 5) is 31.4. The molecule has 3 aromatic rings. The second-order valence-corrected chi connectivity index (χ2v) is 6.56. The van der Waals surface area contributed by atoms with Crippen LogP contribution in [-0.2, 0) is 0 Å². The van der Waals surface area contributed by atoms with E-state index < -0.39 is 11.5 Å². The minimum atomic E-state index is -0.538. The summed E-state index contributed by atoms with van der Waals surface area (Å²) >= 11 is 5.86. The number of halogens is 1. The van der Waals surface area contributed by atoms with E-state index in [4.69, 9.17) is 16.3 Å². The quantitative estimate of drug-likeness (QED) is 0.693. The highest BCUT2D eigenvalue weighted by Crippen LogP contribution is 2.18. The maximum atomic E-state index is 12.4. The van der Waals surface area contributed by atoms with Gasteiger partial charge in [0.05, 0.1) is 6.10 Å². The summed E-state index contributed by atoms with van der Waals surface area (Å²) in [5.74, 6) is 0.530. The normalized spacial score (nSPS) is 10.7. The molecule has 0 saturated carbocycles. The van der Waals surface area contributed by atoms with Crippen molar-refractivity contribution < 1.29 is 9.53 Å². The highest BCUT2D eigenvalue weighted by Gasteiger charge is 2.13. The van der Waals surface area contributed by atoms with Gasteiger partial charge in [-0.05, 0) is 62.4 Å². The summed E-state index contributed by atoms with van der Waals surface area (Å²) in [7, 11) is 0. The van der Waals surface area contributed by atoms with Crippen molar-refractivity contribution >= 4 is 23.2 Å². The molecule has 6 nitrogen and oxygen atoms in total. The van der Waals surface area contributed by atoms with E-state index in [1.54, 1.807) is 48.5 Å². The molecule has 3 rings (SSSR count). The van der Waals surface area contributed by atoms with Gasteiger partial charge in [0.2, 0.25) is 0 Å². The van der Waals surface area contributed by atoms with Gasteiger partial charge in [-0.15, -0.1) is 0 Å². The molecule has 27 heavy (non-hydrogen) atoms. The van der Waals surface area contributed by atoms with Gasteiger partial charge in [0.25, 0.3) is 11.5 Å². The number of amides is 1. The highest BCUT2D eigenvalue weighted by molar-refractivity contribution is 6.30. The van der Waals surface area contributed by atoms with E-state index in [0.717, 1.165) is 0 Å². The number of rotatable bonds is 5. The number of benzene rings is 2. The molecule has 0 fully saturated rings. The van der Waals surface area contributed by atoms with Gasteiger partial charge in [-0.3, -0.25) is 9.59 Å². The van der Waals surface area contributed by atoms with Crippen molar-refractivity contribution in [1.29, 1.82) is 0 Å². The first-order valence-electron chi connectivity index (χ1n) is 8.35. The minimum Gasteiger partial charge on any atom is -0.491 e. The molecule has 0 spiro atoms. The van der Waals surface area contributed by atoms with Crippen molar-refractivity contribution in [1.82, 2.24) is 9.97 Å². The fourth-order valence-corrected chi connectivity index (χ4v) is 2.52. The second-order valence-electron chi connectivity index (χ2n) is 6.13. The largest absolute Gasteiger partial charge is 0.491 e. The second kappa shape index (κ2) is 8.05. The predicted octanol–water partition coefficient (Wildman–Crippen LogP) is 4.13. The number of aromatic nitrogens is 2. The van der Waals surface area contributed by atoms with Gasteiger partial charge in [-0.2, -0.15) is 0 Å². The van der Waals surface area contributed by atoms with Gasteiger partial charge in [0.1, 0.15) is 17.1 Å². The van der Waals surface area contributed by atoms with Crippen LogP contribution in [0.25, 0.3) is 11.4 Å². The lowest BCUT2D eigenvalue weighted by Crippen LogP contribution is -2.24. The first-order chi connectivity index (χ1) is 12.9. The van der Waals surface area contributed by atoms with E-state index in [0.29, 0.717) is 27.8 Å². The van der Waals surface area contributed by atoms with E-state index in [1.807, 2.05) is 13.8 Å². The molecule has 0 bridgehead atoms. The van der Waals surface area contributed by atoms with Crippen LogP contribution in [0.15, 0.2) is 59.5 Å². The average molecular weight is 384 g/mol. The van der Waals surface area contributed by atoms with Gasteiger partial charge < -0.3 is 15.0 Å². The van der Waals surface area contributed by atoms with E-state index in [-0.39, 0.29) is 11.7 Å². The highest BCUT2D eigenvalue weighted by atomic mass is 35.5. The Morgan fingerprint density at radius 1 is 1.11 bits per heavy atom. The SMILES string of the molecule is CC(C)Oc1ccc(NC(=O)c2cnc(-c3ccc(Cl)cc3)[nH]c2=O)cc1. The molecule has 0 aliphatic rings. The smallest absolute Gasteiger partial charge is 0.264 e. The number of nitrogens with one attached hydrogen (secondary N) is 2. The molecule has 0 saturated heterocycles. The van der Waals surface area contributed by atoms with Crippen LogP contribution in [0.2, 0.25) is 5.02 Å².